The van der Waals surface area contributed by atoms with Crippen molar-refractivity contribution in [3.8, 4) is 5.75 Å². The highest BCUT2D eigenvalue weighted by Gasteiger charge is 2.23. The van der Waals surface area contributed by atoms with Crippen molar-refractivity contribution >= 4 is 9.84 Å². The number of aromatic amines is 1. The summed E-state index contributed by atoms with van der Waals surface area (Å²) in [7, 11) is -3.29. The fourth-order valence-corrected chi connectivity index (χ4v) is 5.05. The molecule has 0 bridgehead atoms. The maximum atomic E-state index is 12.6. The van der Waals surface area contributed by atoms with Crippen molar-refractivity contribution in [1.29, 1.82) is 0 Å². The third-order valence-corrected chi connectivity index (χ3v) is 7.03. The fourth-order valence-electron chi connectivity index (χ4n) is 3.27. The van der Waals surface area contributed by atoms with Crippen LogP contribution in [0.3, 0.4) is 0 Å². The molecule has 1 aliphatic rings. The zero-order valence-corrected chi connectivity index (χ0v) is 17.5. The van der Waals surface area contributed by atoms with E-state index < -0.39 is 21.1 Å². The highest BCUT2D eigenvalue weighted by atomic mass is 32.2. The molecule has 8 heteroatoms. The molecule has 1 heterocycles. The number of H-pyrrole nitrogens is 1. The van der Waals surface area contributed by atoms with Crippen LogP contribution in [-0.2, 0) is 16.4 Å². The Labute approximate surface area is 170 Å². The number of nitrogens with zero attached hydrogens (tertiary/aromatic N) is 1. The number of hydrogen-bond acceptors (Lipinski definition) is 5. The van der Waals surface area contributed by atoms with Gasteiger partial charge in [-0.25, -0.2) is 13.2 Å². The monoisotopic (exact) mass is 420 g/mol. The van der Waals surface area contributed by atoms with E-state index >= 15 is 0 Å². The number of aryl methyl sites for hydroxylation is 1. The van der Waals surface area contributed by atoms with E-state index in [0.29, 0.717) is 18.8 Å². The Hall–Kier alpha value is -2.35. The van der Waals surface area contributed by atoms with Crippen molar-refractivity contribution in [2.24, 2.45) is 5.92 Å². The molecule has 158 valence electrons. The van der Waals surface area contributed by atoms with Gasteiger partial charge in [0.05, 0.1) is 18.1 Å². The molecule has 0 aliphatic heterocycles. The number of sulfone groups is 1. The molecular formula is C21H28N2O5S. The smallest absolute Gasteiger partial charge is 0.328 e. The molecule has 7 nitrogen and oxygen atoms in total. The molecule has 3 rings (SSSR count). The van der Waals surface area contributed by atoms with Gasteiger partial charge in [0.15, 0.2) is 9.84 Å². The largest absolute Gasteiger partial charge is 0.493 e. The van der Waals surface area contributed by atoms with Crippen LogP contribution in [0.25, 0.3) is 0 Å². The van der Waals surface area contributed by atoms with Crippen molar-refractivity contribution in [2.45, 2.75) is 45.1 Å². The second kappa shape index (κ2) is 9.43. The number of hydrogen-bond donors (Lipinski definition) is 1. The standard InChI is InChI=1S/C21H28N2O5S/c1-2-17(18-5-3-6-19(13-18)28-14-16-7-8-16)15-29(26,27)12-4-10-23-11-9-20(24)22-21(23)25/h3,5-6,9,11,13,16-17H,2,4,7-8,10,12,14-15H2,1H3,(H,22,24,25)/t17-/m0/s1. The minimum absolute atomic E-state index is 0.00701. The molecule has 0 amide bonds. The predicted octanol–water partition coefficient (Wildman–Crippen LogP) is 2.32. The summed E-state index contributed by atoms with van der Waals surface area (Å²) in [6.45, 7) is 2.95. The SMILES string of the molecule is CC[C@@H](CS(=O)(=O)CCCn1ccc(=O)[nH]c1=O)c1cccc(OCC2CC2)c1. The van der Waals surface area contributed by atoms with Crippen molar-refractivity contribution in [2.75, 3.05) is 18.1 Å². The van der Waals surface area contributed by atoms with Crippen molar-refractivity contribution in [3.05, 3.63) is 62.9 Å². The second-order valence-electron chi connectivity index (χ2n) is 7.70. The molecule has 0 unspecified atom stereocenters. The fraction of sp³-hybridized carbons (Fsp3) is 0.524. The van der Waals surface area contributed by atoms with Crippen LogP contribution in [0.2, 0.25) is 0 Å². The molecular weight excluding hydrogens is 392 g/mol. The van der Waals surface area contributed by atoms with E-state index in [1.54, 1.807) is 0 Å². The van der Waals surface area contributed by atoms with Crippen molar-refractivity contribution in [1.82, 2.24) is 9.55 Å². The van der Waals surface area contributed by atoms with Gasteiger partial charge >= 0.3 is 5.69 Å². The summed E-state index contributed by atoms with van der Waals surface area (Å²) in [6.07, 6.45) is 4.86. The molecule has 0 spiro atoms. The van der Waals surface area contributed by atoms with E-state index in [2.05, 4.69) is 4.98 Å². The first kappa shape index (κ1) is 21.4. The van der Waals surface area contributed by atoms with Crippen molar-refractivity contribution < 1.29 is 13.2 Å². The Morgan fingerprint density at radius 2 is 2.03 bits per heavy atom. The van der Waals surface area contributed by atoms with E-state index in [9.17, 15) is 18.0 Å². The molecule has 0 radical (unpaired) electrons. The summed E-state index contributed by atoms with van der Waals surface area (Å²) < 4.78 is 32.4. The van der Waals surface area contributed by atoms with Gasteiger partial charge in [-0.05, 0) is 55.2 Å². The van der Waals surface area contributed by atoms with Crippen LogP contribution in [0.1, 0.15) is 44.1 Å². The Kier molecular flexibility index (Phi) is 6.95. The van der Waals surface area contributed by atoms with E-state index in [-0.39, 0.29) is 24.0 Å². The number of nitrogens with one attached hydrogen (secondary N) is 1. The zero-order chi connectivity index (χ0) is 20.9. The molecule has 2 aromatic rings. The third kappa shape index (κ3) is 6.59. The van der Waals surface area contributed by atoms with Crippen LogP contribution in [-0.4, -0.2) is 36.1 Å². The molecule has 1 N–H and O–H groups in total. The summed E-state index contributed by atoms with van der Waals surface area (Å²) in [4.78, 5) is 24.9. The molecule has 1 saturated carbocycles. The van der Waals surface area contributed by atoms with Gasteiger partial charge in [0.1, 0.15) is 5.75 Å². The van der Waals surface area contributed by atoms with Gasteiger partial charge in [-0.1, -0.05) is 19.1 Å². The number of aromatic nitrogens is 2. The van der Waals surface area contributed by atoms with Crippen LogP contribution in [0, 0.1) is 5.92 Å². The van der Waals surface area contributed by atoms with E-state index in [1.807, 2.05) is 31.2 Å². The van der Waals surface area contributed by atoms with Crippen LogP contribution in [0.15, 0.2) is 46.1 Å². The molecule has 1 aliphatic carbocycles. The summed E-state index contributed by atoms with van der Waals surface area (Å²) in [5.41, 5.74) is -0.0152. The van der Waals surface area contributed by atoms with E-state index in [4.69, 9.17) is 4.74 Å². The first-order chi connectivity index (χ1) is 13.9. The molecule has 29 heavy (non-hydrogen) atoms. The molecule has 1 aromatic carbocycles. The van der Waals surface area contributed by atoms with Gasteiger partial charge in [0.25, 0.3) is 5.56 Å². The maximum Gasteiger partial charge on any atom is 0.328 e. The van der Waals surface area contributed by atoms with Crippen LogP contribution >= 0.6 is 0 Å². The summed E-state index contributed by atoms with van der Waals surface area (Å²) in [5.74, 6) is 1.42. The molecule has 1 aromatic heterocycles. The first-order valence-electron chi connectivity index (χ1n) is 10.1. The molecule has 0 saturated heterocycles. The average molecular weight is 421 g/mol. The topological polar surface area (TPSA) is 98.2 Å². The maximum absolute atomic E-state index is 12.6. The zero-order valence-electron chi connectivity index (χ0n) is 16.7. The van der Waals surface area contributed by atoms with E-state index in [1.165, 1.54) is 29.7 Å². The summed E-state index contributed by atoms with van der Waals surface area (Å²) in [5, 5.41) is 0. The average Bonchev–Trinajstić information content (AvgIpc) is 3.51. The number of ether oxygens (including phenoxy) is 1. The lowest BCUT2D eigenvalue weighted by atomic mass is 9.98. The lowest BCUT2D eigenvalue weighted by Crippen LogP contribution is -2.29. The Morgan fingerprint density at radius 3 is 2.72 bits per heavy atom. The highest BCUT2D eigenvalue weighted by molar-refractivity contribution is 7.91. The molecule has 1 fully saturated rings. The van der Waals surface area contributed by atoms with E-state index in [0.717, 1.165) is 17.9 Å². The number of rotatable bonds is 11. The lowest BCUT2D eigenvalue weighted by molar-refractivity contribution is 0.299. The van der Waals surface area contributed by atoms with Crippen LogP contribution in [0.5, 0.6) is 5.75 Å². The van der Waals surface area contributed by atoms with Gasteiger partial charge in [-0.2, -0.15) is 0 Å². The highest BCUT2D eigenvalue weighted by Crippen LogP contribution is 2.30. The Balaban J connectivity index is 1.57. The Bertz CT molecular complexity index is 1040. The third-order valence-electron chi connectivity index (χ3n) is 5.21. The van der Waals surface area contributed by atoms with Crippen LogP contribution < -0.4 is 16.0 Å². The minimum Gasteiger partial charge on any atom is -0.493 e. The summed E-state index contributed by atoms with van der Waals surface area (Å²) in [6, 6.07) is 8.98. The van der Waals surface area contributed by atoms with Gasteiger partial charge in [0.2, 0.25) is 0 Å². The minimum atomic E-state index is -3.29. The van der Waals surface area contributed by atoms with Gasteiger partial charge in [0, 0.05) is 18.8 Å². The van der Waals surface area contributed by atoms with Gasteiger partial charge in [-0.3, -0.25) is 9.78 Å². The van der Waals surface area contributed by atoms with Crippen LogP contribution in [0.4, 0.5) is 0 Å². The normalized spacial score (nSPS) is 15.2. The Morgan fingerprint density at radius 1 is 1.24 bits per heavy atom. The van der Waals surface area contributed by atoms with Gasteiger partial charge in [-0.15, -0.1) is 0 Å². The predicted molar refractivity (Wildman–Crippen MR) is 112 cm³/mol. The second-order valence-corrected chi connectivity index (χ2v) is 9.93. The summed E-state index contributed by atoms with van der Waals surface area (Å²) >= 11 is 0. The number of benzene rings is 1. The lowest BCUT2D eigenvalue weighted by Gasteiger charge is -2.17. The quantitative estimate of drug-likeness (QED) is 0.602. The van der Waals surface area contributed by atoms with Crippen molar-refractivity contribution in [3.63, 3.8) is 0 Å². The molecule has 1 atom stereocenters. The first-order valence-corrected chi connectivity index (χ1v) is 11.9. The van der Waals surface area contributed by atoms with Gasteiger partial charge < -0.3 is 9.30 Å².